The van der Waals surface area contributed by atoms with Crippen LogP contribution in [0.4, 0.5) is 4.39 Å². The molecule has 1 amide bonds. The molecule has 0 unspecified atom stereocenters. The number of rotatable bonds is 6. The Morgan fingerprint density at radius 2 is 1.92 bits per heavy atom. The molecular formula is C20H18ClFN2O2. The van der Waals surface area contributed by atoms with Crippen molar-refractivity contribution in [3.8, 4) is 11.3 Å². The summed E-state index contributed by atoms with van der Waals surface area (Å²) in [5, 5.41) is 4.46. The molecule has 4 nitrogen and oxygen atoms in total. The van der Waals surface area contributed by atoms with Crippen LogP contribution in [0.3, 0.4) is 0 Å². The third-order valence-corrected chi connectivity index (χ3v) is 4.26. The molecular weight excluding hydrogens is 355 g/mol. The number of hydrogen-bond acceptors (Lipinski definition) is 3. The van der Waals surface area contributed by atoms with Crippen molar-refractivity contribution in [1.29, 1.82) is 0 Å². The first kappa shape index (κ1) is 18.1. The molecule has 1 heterocycles. The molecule has 6 heteroatoms. The second kappa shape index (κ2) is 8.15. The third kappa shape index (κ3) is 4.11. The van der Waals surface area contributed by atoms with Crippen molar-refractivity contribution in [2.24, 2.45) is 0 Å². The maximum atomic E-state index is 13.0. The summed E-state index contributed by atoms with van der Waals surface area (Å²) in [4.78, 5) is 14.5. The lowest BCUT2D eigenvalue weighted by Gasteiger charge is -2.21. The van der Waals surface area contributed by atoms with Gasteiger partial charge in [-0.05, 0) is 42.8 Å². The molecule has 0 aliphatic rings. The van der Waals surface area contributed by atoms with Gasteiger partial charge in [0.05, 0.1) is 17.1 Å². The first-order chi connectivity index (χ1) is 12.6. The van der Waals surface area contributed by atoms with Crippen LogP contribution in [0.2, 0.25) is 5.02 Å². The fourth-order valence-corrected chi connectivity index (χ4v) is 2.88. The van der Waals surface area contributed by atoms with Crippen LogP contribution < -0.4 is 0 Å². The molecule has 0 aliphatic carbocycles. The Kier molecular flexibility index (Phi) is 5.68. The highest BCUT2D eigenvalue weighted by Crippen LogP contribution is 2.23. The van der Waals surface area contributed by atoms with E-state index in [9.17, 15) is 9.18 Å². The lowest BCUT2D eigenvalue weighted by molar-refractivity contribution is 0.0740. The average molecular weight is 373 g/mol. The Morgan fingerprint density at radius 3 is 2.62 bits per heavy atom. The van der Waals surface area contributed by atoms with Crippen LogP contribution in [-0.2, 0) is 6.54 Å². The lowest BCUT2D eigenvalue weighted by atomic mass is 10.1. The van der Waals surface area contributed by atoms with Crippen molar-refractivity contribution in [1.82, 2.24) is 10.1 Å². The van der Waals surface area contributed by atoms with Gasteiger partial charge < -0.3 is 9.42 Å². The zero-order valence-electron chi connectivity index (χ0n) is 14.3. The molecule has 0 aliphatic heterocycles. The lowest BCUT2D eigenvalue weighted by Crippen LogP contribution is -2.31. The Balaban J connectivity index is 1.79. The van der Waals surface area contributed by atoms with Crippen molar-refractivity contribution in [3.63, 3.8) is 0 Å². The second-order valence-electron chi connectivity index (χ2n) is 5.90. The van der Waals surface area contributed by atoms with Gasteiger partial charge in [0.25, 0.3) is 5.91 Å². The maximum Gasteiger partial charge on any atom is 0.255 e. The van der Waals surface area contributed by atoms with Gasteiger partial charge in [-0.3, -0.25) is 4.79 Å². The van der Waals surface area contributed by atoms with Crippen LogP contribution in [0.15, 0.2) is 59.1 Å². The second-order valence-corrected chi connectivity index (χ2v) is 6.30. The number of carbonyl (C=O) groups is 1. The highest BCUT2D eigenvalue weighted by atomic mass is 35.5. The van der Waals surface area contributed by atoms with Gasteiger partial charge in [0.15, 0.2) is 5.76 Å². The topological polar surface area (TPSA) is 46.3 Å². The Morgan fingerprint density at radius 1 is 1.19 bits per heavy atom. The number of aromatic nitrogens is 1. The monoisotopic (exact) mass is 372 g/mol. The van der Waals surface area contributed by atoms with E-state index in [1.807, 2.05) is 6.92 Å². The first-order valence-corrected chi connectivity index (χ1v) is 8.71. The fourth-order valence-electron chi connectivity index (χ4n) is 2.66. The van der Waals surface area contributed by atoms with Crippen LogP contribution in [0, 0.1) is 5.82 Å². The van der Waals surface area contributed by atoms with Gasteiger partial charge in [-0.15, -0.1) is 0 Å². The van der Waals surface area contributed by atoms with Gasteiger partial charge in [0, 0.05) is 18.2 Å². The molecule has 0 N–H and O–H groups in total. The molecule has 26 heavy (non-hydrogen) atoms. The van der Waals surface area contributed by atoms with E-state index in [1.165, 1.54) is 12.1 Å². The van der Waals surface area contributed by atoms with Gasteiger partial charge in [0.1, 0.15) is 11.5 Å². The standard InChI is InChI=1S/C20H18ClFN2O2/c1-2-11-24(20(25)17-5-3-4-6-18(17)21)13-16-12-19(26-23-16)14-7-9-15(22)10-8-14/h3-10,12H,2,11,13H2,1H3. The van der Waals surface area contributed by atoms with E-state index >= 15 is 0 Å². The molecule has 0 bridgehead atoms. The molecule has 3 aromatic rings. The average Bonchev–Trinajstić information content (AvgIpc) is 3.10. The molecule has 0 fully saturated rings. The number of benzene rings is 2. The summed E-state index contributed by atoms with van der Waals surface area (Å²) >= 11 is 6.15. The number of hydrogen-bond donors (Lipinski definition) is 0. The van der Waals surface area contributed by atoms with E-state index < -0.39 is 0 Å². The molecule has 134 valence electrons. The summed E-state index contributed by atoms with van der Waals surface area (Å²) in [6, 6.07) is 14.7. The predicted octanol–water partition coefficient (Wildman–Crippen LogP) is 5.19. The van der Waals surface area contributed by atoms with Crippen molar-refractivity contribution >= 4 is 17.5 Å². The fraction of sp³-hybridized carbons (Fsp3) is 0.200. The summed E-state index contributed by atoms with van der Waals surface area (Å²) in [5.41, 5.74) is 1.81. The number of halogens is 2. The zero-order chi connectivity index (χ0) is 18.5. The van der Waals surface area contributed by atoms with E-state index in [-0.39, 0.29) is 11.7 Å². The van der Waals surface area contributed by atoms with Crippen LogP contribution in [0.5, 0.6) is 0 Å². The molecule has 0 atom stereocenters. The Bertz CT molecular complexity index is 893. The normalized spacial score (nSPS) is 10.7. The zero-order valence-corrected chi connectivity index (χ0v) is 15.0. The summed E-state index contributed by atoms with van der Waals surface area (Å²) < 4.78 is 18.4. The van der Waals surface area contributed by atoms with Crippen LogP contribution in [-0.4, -0.2) is 22.5 Å². The quantitative estimate of drug-likeness (QED) is 0.598. The minimum absolute atomic E-state index is 0.149. The molecule has 3 rings (SSSR count). The predicted molar refractivity (Wildman–Crippen MR) is 98.4 cm³/mol. The van der Waals surface area contributed by atoms with Crippen molar-refractivity contribution in [2.75, 3.05) is 6.54 Å². The van der Waals surface area contributed by atoms with E-state index in [0.717, 1.165) is 12.0 Å². The Labute approximate surface area is 156 Å². The van der Waals surface area contributed by atoms with Crippen molar-refractivity contribution < 1.29 is 13.7 Å². The van der Waals surface area contributed by atoms with Gasteiger partial charge >= 0.3 is 0 Å². The van der Waals surface area contributed by atoms with Gasteiger partial charge in [-0.2, -0.15) is 0 Å². The van der Waals surface area contributed by atoms with Crippen molar-refractivity contribution in [2.45, 2.75) is 19.9 Å². The Hall–Kier alpha value is -2.66. The minimum atomic E-state index is -0.312. The molecule has 1 aromatic heterocycles. The van der Waals surface area contributed by atoms with Gasteiger partial charge in [-0.1, -0.05) is 35.8 Å². The molecule has 2 aromatic carbocycles. The number of amides is 1. The largest absolute Gasteiger partial charge is 0.356 e. The van der Waals surface area contributed by atoms with E-state index in [1.54, 1.807) is 47.4 Å². The van der Waals surface area contributed by atoms with Crippen LogP contribution in [0.25, 0.3) is 11.3 Å². The van der Waals surface area contributed by atoms with Gasteiger partial charge in [0.2, 0.25) is 0 Å². The molecule has 0 radical (unpaired) electrons. The summed E-state index contributed by atoms with van der Waals surface area (Å²) in [6.45, 7) is 2.88. The molecule has 0 spiro atoms. The van der Waals surface area contributed by atoms with E-state index in [2.05, 4.69) is 5.16 Å². The molecule has 0 saturated heterocycles. The maximum absolute atomic E-state index is 13.0. The van der Waals surface area contributed by atoms with E-state index in [4.69, 9.17) is 16.1 Å². The first-order valence-electron chi connectivity index (χ1n) is 8.34. The van der Waals surface area contributed by atoms with E-state index in [0.29, 0.717) is 35.1 Å². The summed E-state index contributed by atoms with van der Waals surface area (Å²) in [6.07, 6.45) is 0.804. The summed E-state index contributed by atoms with van der Waals surface area (Å²) in [7, 11) is 0. The van der Waals surface area contributed by atoms with Crippen LogP contribution in [0.1, 0.15) is 29.4 Å². The highest BCUT2D eigenvalue weighted by Gasteiger charge is 2.19. The van der Waals surface area contributed by atoms with Gasteiger partial charge in [-0.25, -0.2) is 4.39 Å². The van der Waals surface area contributed by atoms with Crippen LogP contribution >= 0.6 is 11.6 Å². The SMILES string of the molecule is CCCN(Cc1cc(-c2ccc(F)cc2)on1)C(=O)c1ccccc1Cl. The third-order valence-electron chi connectivity index (χ3n) is 3.93. The number of carbonyl (C=O) groups excluding carboxylic acids is 1. The minimum Gasteiger partial charge on any atom is -0.356 e. The van der Waals surface area contributed by atoms with Crippen molar-refractivity contribution in [3.05, 3.63) is 76.7 Å². The highest BCUT2D eigenvalue weighted by molar-refractivity contribution is 6.33. The smallest absolute Gasteiger partial charge is 0.255 e. The number of nitrogens with zero attached hydrogens (tertiary/aromatic N) is 2. The molecule has 0 saturated carbocycles. The summed E-state index contributed by atoms with van der Waals surface area (Å²) in [5.74, 6) is 0.0679.